The number of rotatable bonds is 2. The summed E-state index contributed by atoms with van der Waals surface area (Å²) in [6.45, 7) is 10.4. The second-order valence-corrected chi connectivity index (χ2v) is 8.20. The van der Waals surface area contributed by atoms with Gasteiger partial charge in [-0.25, -0.2) is 0 Å². The lowest BCUT2D eigenvalue weighted by Crippen LogP contribution is -2.50. The highest BCUT2D eigenvalue weighted by molar-refractivity contribution is 5.55. The van der Waals surface area contributed by atoms with Crippen molar-refractivity contribution < 1.29 is 0 Å². The van der Waals surface area contributed by atoms with E-state index in [2.05, 4.69) is 55.3 Å². The Morgan fingerprint density at radius 2 is 1.86 bits per heavy atom. The van der Waals surface area contributed by atoms with Gasteiger partial charge in [0.2, 0.25) is 0 Å². The standard InChI is InChI=1S/C19H30N2/c1-18(2,3)12-13-21-15-19(10-6-7-11-19)20-14-16-8-4-5-9-17(16)21/h4-5,8-9,20H,6-7,10-15H2,1-3H3. The van der Waals surface area contributed by atoms with Gasteiger partial charge in [-0.05, 0) is 36.3 Å². The minimum absolute atomic E-state index is 0.358. The summed E-state index contributed by atoms with van der Waals surface area (Å²) in [6.07, 6.45) is 6.70. The average molecular weight is 286 g/mol. The molecule has 2 nitrogen and oxygen atoms in total. The molecule has 3 rings (SSSR count). The lowest BCUT2D eigenvalue weighted by Gasteiger charge is -2.36. The fourth-order valence-corrected chi connectivity index (χ4v) is 3.81. The fraction of sp³-hybridized carbons (Fsp3) is 0.684. The number of para-hydroxylation sites is 1. The Labute approximate surface area is 129 Å². The van der Waals surface area contributed by atoms with Crippen LogP contribution in [0.5, 0.6) is 0 Å². The third-order valence-electron chi connectivity index (χ3n) is 5.17. The largest absolute Gasteiger partial charge is 0.369 e. The molecule has 1 aliphatic carbocycles. The molecular formula is C19H30N2. The van der Waals surface area contributed by atoms with Crippen LogP contribution in [0.2, 0.25) is 0 Å². The molecule has 1 aliphatic heterocycles. The maximum absolute atomic E-state index is 3.90. The van der Waals surface area contributed by atoms with Gasteiger partial charge in [-0.3, -0.25) is 0 Å². The van der Waals surface area contributed by atoms with Crippen molar-refractivity contribution >= 4 is 5.69 Å². The van der Waals surface area contributed by atoms with Crippen LogP contribution in [0.25, 0.3) is 0 Å². The lowest BCUT2D eigenvalue weighted by molar-refractivity contribution is 0.325. The summed E-state index contributed by atoms with van der Waals surface area (Å²) in [7, 11) is 0. The van der Waals surface area contributed by atoms with E-state index >= 15 is 0 Å². The third kappa shape index (κ3) is 3.42. The first-order valence-corrected chi connectivity index (χ1v) is 8.55. The molecule has 0 atom stereocenters. The Kier molecular flexibility index (Phi) is 4.00. The summed E-state index contributed by atoms with van der Waals surface area (Å²) >= 11 is 0. The fourth-order valence-electron chi connectivity index (χ4n) is 3.81. The molecule has 21 heavy (non-hydrogen) atoms. The highest BCUT2D eigenvalue weighted by atomic mass is 15.2. The predicted octanol–water partition coefficient (Wildman–Crippen LogP) is 4.35. The molecule has 1 spiro atoms. The smallest absolute Gasteiger partial charge is 0.0412 e. The van der Waals surface area contributed by atoms with E-state index in [0.29, 0.717) is 11.0 Å². The summed E-state index contributed by atoms with van der Waals surface area (Å²) in [4.78, 5) is 2.66. The molecule has 116 valence electrons. The van der Waals surface area contributed by atoms with E-state index < -0.39 is 0 Å². The van der Waals surface area contributed by atoms with Crippen molar-refractivity contribution in [3.63, 3.8) is 0 Å². The quantitative estimate of drug-likeness (QED) is 0.869. The Balaban J connectivity index is 1.85. The molecule has 1 N–H and O–H groups in total. The molecule has 0 bridgehead atoms. The zero-order valence-electron chi connectivity index (χ0n) is 13.9. The number of nitrogens with one attached hydrogen (secondary N) is 1. The third-order valence-corrected chi connectivity index (χ3v) is 5.17. The van der Waals surface area contributed by atoms with E-state index in [-0.39, 0.29) is 0 Å². The zero-order valence-corrected chi connectivity index (χ0v) is 13.9. The normalized spacial score (nSPS) is 21.4. The van der Waals surface area contributed by atoms with Gasteiger partial charge >= 0.3 is 0 Å². The van der Waals surface area contributed by atoms with E-state index in [0.717, 1.165) is 6.54 Å². The summed E-state index contributed by atoms with van der Waals surface area (Å²) in [6, 6.07) is 8.97. The van der Waals surface area contributed by atoms with Gasteiger partial charge in [0.05, 0.1) is 0 Å². The van der Waals surface area contributed by atoms with Crippen LogP contribution in [0, 0.1) is 5.41 Å². The van der Waals surface area contributed by atoms with E-state index in [1.807, 2.05) is 0 Å². The molecule has 1 saturated carbocycles. The van der Waals surface area contributed by atoms with Crippen molar-refractivity contribution in [3.8, 4) is 0 Å². The first-order valence-electron chi connectivity index (χ1n) is 8.55. The van der Waals surface area contributed by atoms with E-state index in [4.69, 9.17) is 0 Å². The minimum atomic E-state index is 0.358. The van der Waals surface area contributed by atoms with Crippen molar-refractivity contribution in [2.24, 2.45) is 5.41 Å². The topological polar surface area (TPSA) is 15.3 Å². The van der Waals surface area contributed by atoms with Crippen molar-refractivity contribution in [3.05, 3.63) is 29.8 Å². The number of benzene rings is 1. The van der Waals surface area contributed by atoms with Crippen LogP contribution >= 0.6 is 0 Å². The van der Waals surface area contributed by atoms with Crippen LogP contribution in [0.4, 0.5) is 5.69 Å². The van der Waals surface area contributed by atoms with Gasteiger partial charge in [0.1, 0.15) is 0 Å². The average Bonchev–Trinajstić information content (AvgIpc) is 2.83. The van der Waals surface area contributed by atoms with Crippen molar-refractivity contribution in [1.29, 1.82) is 0 Å². The summed E-state index contributed by atoms with van der Waals surface area (Å²) in [5.41, 5.74) is 3.68. The van der Waals surface area contributed by atoms with E-state index in [1.54, 1.807) is 0 Å². The molecule has 1 heterocycles. The molecular weight excluding hydrogens is 256 g/mol. The number of anilines is 1. The minimum Gasteiger partial charge on any atom is -0.369 e. The molecule has 0 saturated heterocycles. The van der Waals surface area contributed by atoms with Crippen molar-refractivity contribution in [1.82, 2.24) is 5.32 Å². The SMILES string of the molecule is CC(C)(C)CCN1CC2(CCCC2)NCc2ccccc21. The second kappa shape index (κ2) is 5.64. The Morgan fingerprint density at radius 3 is 2.57 bits per heavy atom. The van der Waals surface area contributed by atoms with Gasteiger partial charge < -0.3 is 10.2 Å². The number of nitrogens with zero attached hydrogens (tertiary/aromatic N) is 1. The van der Waals surface area contributed by atoms with Crippen LogP contribution < -0.4 is 10.2 Å². The summed E-state index contributed by atoms with van der Waals surface area (Å²) in [5.74, 6) is 0. The maximum atomic E-state index is 3.90. The molecule has 0 amide bonds. The molecule has 1 aromatic carbocycles. The van der Waals surface area contributed by atoms with Crippen LogP contribution in [0.3, 0.4) is 0 Å². The molecule has 2 aliphatic rings. The predicted molar refractivity (Wildman–Crippen MR) is 90.8 cm³/mol. The second-order valence-electron chi connectivity index (χ2n) is 8.20. The molecule has 0 radical (unpaired) electrons. The Hall–Kier alpha value is -1.02. The first-order chi connectivity index (χ1) is 9.98. The van der Waals surface area contributed by atoms with Gasteiger partial charge in [0.25, 0.3) is 0 Å². The monoisotopic (exact) mass is 286 g/mol. The first kappa shape index (κ1) is 14.9. The molecule has 2 heteroatoms. The van der Waals surface area contributed by atoms with Gasteiger partial charge in [0, 0.05) is 30.9 Å². The van der Waals surface area contributed by atoms with Gasteiger partial charge in [-0.15, -0.1) is 0 Å². The summed E-state index contributed by atoms with van der Waals surface area (Å²) in [5, 5.41) is 3.90. The van der Waals surface area contributed by atoms with Crippen molar-refractivity contribution in [2.45, 2.75) is 65.0 Å². The maximum Gasteiger partial charge on any atom is 0.0412 e. The van der Waals surface area contributed by atoms with Gasteiger partial charge in [0.15, 0.2) is 0 Å². The number of hydrogen-bond donors (Lipinski definition) is 1. The molecule has 0 aromatic heterocycles. The van der Waals surface area contributed by atoms with Crippen LogP contribution in [-0.2, 0) is 6.54 Å². The van der Waals surface area contributed by atoms with Crippen LogP contribution in [-0.4, -0.2) is 18.6 Å². The zero-order chi connectivity index (χ0) is 14.9. The highest BCUT2D eigenvalue weighted by Gasteiger charge is 2.37. The lowest BCUT2D eigenvalue weighted by atomic mass is 9.91. The number of hydrogen-bond acceptors (Lipinski definition) is 2. The highest BCUT2D eigenvalue weighted by Crippen LogP contribution is 2.36. The van der Waals surface area contributed by atoms with Crippen molar-refractivity contribution in [2.75, 3.05) is 18.0 Å². The Bertz CT molecular complexity index is 481. The van der Waals surface area contributed by atoms with Crippen LogP contribution in [0.15, 0.2) is 24.3 Å². The number of fused-ring (bicyclic) bond motifs is 1. The van der Waals surface area contributed by atoms with Gasteiger partial charge in [-0.2, -0.15) is 0 Å². The molecule has 1 aromatic rings. The summed E-state index contributed by atoms with van der Waals surface area (Å²) < 4.78 is 0. The molecule has 1 fully saturated rings. The molecule has 0 unspecified atom stereocenters. The Morgan fingerprint density at radius 1 is 1.14 bits per heavy atom. The van der Waals surface area contributed by atoms with Crippen LogP contribution in [0.1, 0.15) is 58.4 Å². The van der Waals surface area contributed by atoms with Gasteiger partial charge in [-0.1, -0.05) is 51.8 Å². The van der Waals surface area contributed by atoms with E-state index in [1.165, 1.54) is 56.4 Å². The van der Waals surface area contributed by atoms with E-state index in [9.17, 15) is 0 Å².